The van der Waals surface area contributed by atoms with Gasteiger partial charge in [-0.15, -0.1) is 0 Å². The molecule has 0 radical (unpaired) electrons. The molecule has 1 saturated heterocycles. The summed E-state index contributed by atoms with van der Waals surface area (Å²) in [6.07, 6.45) is 5.76. The average molecular weight is 348 g/mol. The minimum Gasteiger partial charge on any atom is -0.508 e. The van der Waals surface area contributed by atoms with Gasteiger partial charge in [0.25, 0.3) is 0 Å². The van der Waals surface area contributed by atoms with Crippen molar-refractivity contribution in [2.45, 2.75) is 25.8 Å². The highest BCUT2D eigenvalue weighted by atomic mass is 16.3. The molecule has 1 fully saturated rings. The highest BCUT2D eigenvalue weighted by Crippen LogP contribution is 2.22. The standard InChI is InChI=1S/C21H24N4O/c26-18-10-8-17(9-11-18)16-22-21-23-19-6-2-3-7-20(19)25(21)15-14-24-12-4-1-5-13-24/h2-3,6-11,16,26H,1,4-5,12-15H2. The summed E-state index contributed by atoms with van der Waals surface area (Å²) < 4.78 is 2.21. The first-order valence-electron chi connectivity index (χ1n) is 9.30. The molecule has 5 heteroatoms. The molecule has 2 heterocycles. The van der Waals surface area contributed by atoms with Crippen LogP contribution in [-0.4, -0.2) is 45.4 Å². The molecular weight excluding hydrogens is 324 g/mol. The second kappa shape index (κ2) is 7.70. The second-order valence-corrected chi connectivity index (χ2v) is 6.80. The van der Waals surface area contributed by atoms with Gasteiger partial charge in [-0.1, -0.05) is 18.6 Å². The van der Waals surface area contributed by atoms with Gasteiger partial charge in [0, 0.05) is 19.3 Å². The molecule has 1 N–H and O–H groups in total. The van der Waals surface area contributed by atoms with Crippen LogP contribution < -0.4 is 0 Å². The highest BCUT2D eigenvalue weighted by molar-refractivity contribution is 5.83. The zero-order valence-electron chi connectivity index (χ0n) is 14.9. The number of fused-ring (bicyclic) bond motifs is 1. The molecule has 5 nitrogen and oxygen atoms in total. The fourth-order valence-corrected chi connectivity index (χ4v) is 3.50. The van der Waals surface area contributed by atoms with E-state index < -0.39 is 0 Å². The number of nitrogens with zero attached hydrogens (tertiary/aromatic N) is 4. The van der Waals surface area contributed by atoms with E-state index in [0.717, 1.165) is 35.6 Å². The molecule has 0 aliphatic carbocycles. The van der Waals surface area contributed by atoms with E-state index in [4.69, 9.17) is 4.98 Å². The lowest BCUT2D eigenvalue weighted by Crippen LogP contribution is -2.32. The number of likely N-dealkylation sites (tertiary alicyclic amines) is 1. The first-order valence-corrected chi connectivity index (χ1v) is 9.30. The quantitative estimate of drug-likeness (QED) is 0.710. The van der Waals surface area contributed by atoms with Gasteiger partial charge in [0.1, 0.15) is 5.75 Å². The lowest BCUT2D eigenvalue weighted by molar-refractivity contribution is 0.222. The van der Waals surface area contributed by atoms with Crippen molar-refractivity contribution in [2.75, 3.05) is 19.6 Å². The van der Waals surface area contributed by atoms with Crippen molar-refractivity contribution in [3.63, 3.8) is 0 Å². The first-order chi connectivity index (χ1) is 12.8. The van der Waals surface area contributed by atoms with Gasteiger partial charge in [-0.2, -0.15) is 0 Å². The summed E-state index contributed by atoms with van der Waals surface area (Å²) in [7, 11) is 0. The first kappa shape index (κ1) is 16.8. The van der Waals surface area contributed by atoms with Gasteiger partial charge in [0.05, 0.1) is 11.0 Å². The summed E-state index contributed by atoms with van der Waals surface area (Å²) in [4.78, 5) is 11.9. The number of benzene rings is 2. The largest absolute Gasteiger partial charge is 0.508 e. The third kappa shape index (κ3) is 3.78. The number of rotatable bonds is 5. The summed E-state index contributed by atoms with van der Waals surface area (Å²) in [5, 5.41) is 9.41. The summed E-state index contributed by atoms with van der Waals surface area (Å²) >= 11 is 0. The second-order valence-electron chi connectivity index (χ2n) is 6.80. The van der Waals surface area contributed by atoms with Crippen molar-refractivity contribution in [1.82, 2.24) is 14.5 Å². The molecule has 1 aliphatic rings. The topological polar surface area (TPSA) is 53.7 Å². The number of aliphatic imine (C=N–C) groups is 1. The van der Waals surface area contributed by atoms with Crippen LogP contribution in [0.15, 0.2) is 53.5 Å². The maximum atomic E-state index is 9.41. The van der Waals surface area contributed by atoms with E-state index in [-0.39, 0.29) is 5.75 Å². The van der Waals surface area contributed by atoms with Crippen molar-refractivity contribution in [3.05, 3.63) is 54.1 Å². The Balaban J connectivity index is 1.59. The van der Waals surface area contributed by atoms with Gasteiger partial charge in [-0.05, 0) is 67.9 Å². The third-order valence-corrected chi connectivity index (χ3v) is 4.95. The molecule has 0 bridgehead atoms. The van der Waals surface area contributed by atoms with Gasteiger partial charge < -0.3 is 14.6 Å². The summed E-state index contributed by atoms with van der Waals surface area (Å²) in [5.74, 6) is 0.993. The number of phenolic OH excluding ortho intramolecular Hbond substituents is 1. The van der Waals surface area contributed by atoms with E-state index in [9.17, 15) is 5.11 Å². The molecule has 26 heavy (non-hydrogen) atoms. The fourth-order valence-electron chi connectivity index (χ4n) is 3.50. The molecule has 0 amide bonds. The number of aromatic nitrogens is 2. The number of hydrogen-bond acceptors (Lipinski definition) is 4. The Morgan fingerprint density at radius 1 is 0.962 bits per heavy atom. The van der Waals surface area contributed by atoms with Gasteiger partial charge >= 0.3 is 0 Å². The third-order valence-electron chi connectivity index (χ3n) is 4.95. The van der Waals surface area contributed by atoms with Crippen molar-refractivity contribution < 1.29 is 5.11 Å². The molecule has 1 aromatic heterocycles. The molecule has 0 atom stereocenters. The van der Waals surface area contributed by atoms with Crippen LogP contribution in [0.2, 0.25) is 0 Å². The minimum atomic E-state index is 0.260. The van der Waals surface area contributed by atoms with Crippen LogP contribution in [0.4, 0.5) is 5.95 Å². The summed E-state index contributed by atoms with van der Waals surface area (Å²) in [5.41, 5.74) is 3.05. The molecule has 0 unspecified atom stereocenters. The van der Waals surface area contributed by atoms with Crippen LogP contribution in [0.1, 0.15) is 24.8 Å². The maximum Gasteiger partial charge on any atom is 0.230 e. The average Bonchev–Trinajstić information content (AvgIpc) is 3.04. The number of imidazole rings is 1. The highest BCUT2D eigenvalue weighted by Gasteiger charge is 2.13. The van der Waals surface area contributed by atoms with Crippen LogP contribution in [0.3, 0.4) is 0 Å². The van der Waals surface area contributed by atoms with Crippen molar-refractivity contribution in [1.29, 1.82) is 0 Å². The van der Waals surface area contributed by atoms with E-state index in [1.807, 2.05) is 24.3 Å². The smallest absolute Gasteiger partial charge is 0.230 e. The SMILES string of the molecule is Oc1ccc(C=Nc2nc3ccccc3n2CCN2CCCCC2)cc1. The van der Waals surface area contributed by atoms with E-state index in [1.54, 1.807) is 18.3 Å². The van der Waals surface area contributed by atoms with Crippen LogP contribution in [0.5, 0.6) is 5.75 Å². The van der Waals surface area contributed by atoms with Gasteiger partial charge in [-0.25, -0.2) is 9.98 Å². The Hall–Kier alpha value is -2.66. The molecule has 4 rings (SSSR count). The van der Waals surface area contributed by atoms with Crippen LogP contribution in [0, 0.1) is 0 Å². The maximum absolute atomic E-state index is 9.41. The number of hydrogen-bond donors (Lipinski definition) is 1. The number of aromatic hydroxyl groups is 1. The fraction of sp³-hybridized carbons (Fsp3) is 0.333. The van der Waals surface area contributed by atoms with Crippen molar-refractivity contribution in [3.8, 4) is 5.75 Å². The van der Waals surface area contributed by atoms with E-state index in [1.165, 1.54) is 32.4 Å². The predicted octanol–water partition coefficient (Wildman–Crippen LogP) is 3.98. The lowest BCUT2D eigenvalue weighted by atomic mass is 10.1. The zero-order valence-corrected chi connectivity index (χ0v) is 14.9. The van der Waals surface area contributed by atoms with E-state index >= 15 is 0 Å². The minimum absolute atomic E-state index is 0.260. The Morgan fingerprint density at radius 3 is 2.54 bits per heavy atom. The van der Waals surface area contributed by atoms with E-state index in [0.29, 0.717) is 0 Å². The van der Waals surface area contributed by atoms with Gasteiger partial charge in [-0.3, -0.25) is 0 Å². The molecule has 3 aromatic rings. The summed E-state index contributed by atoms with van der Waals surface area (Å²) in [6.45, 7) is 4.31. The normalized spacial score (nSPS) is 15.8. The lowest BCUT2D eigenvalue weighted by Gasteiger charge is -2.26. The number of piperidine rings is 1. The Morgan fingerprint density at radius 2 is 1.73 bits per heavy atom. The molecular formula is C21H24N4O. The molecule has 1 aliphatic heterocycles. The Bertz CT molecular complexity index is 892. The zero-order chi connectivity index (χ0) is 17.8. The molecule has 0 spiro atoms. The monoisotopic (exact) mass is 348 g/mol. The van der Waals surface area contributed by atoms with Crippen LogP contribution in [0.25, 0.3) is 11.0 Å². The Kier molecular flexibility index (Phi) is 4.97. The predicted molar refractivity (Wildman–Crippen MR) is 105 cm³/mol. The molecule has 2 aromatic carbocycles. The molecule has 0 saturated carbocycles. The van der Waals surface area contributed by atoms with Crippen LogP contribution >= 0.6 is 0 Å². The molecule has 134 valence electrons. The van der Waals surface area contributed by atoms with Crippen molar-refractivity contribution in [2.24, 2.45) is 4.99 Å². The summed E-state index contributed by atoms with van der Waals surface area (Å²) in [6, 6.07) is 15.2. The van der Waals surface area contributed by atoms with E-state index in [2.05, 4.69) is 26.6 Å². The Labute approximate surface area is 153 Å². The van der Waals surface area contributed by atoms with Gasteiger partial charge in [0.15, 0.2) is 0 Å². The van der Waals surface area contributed by atoms with Crippen molar-refractivity contribution >= 4 is 23.2 Å². The van der Waals surface area contributed by atoms with Gasteiger partial charge in [0.2, 0.25) is 5.95 Å². The van der Waals surface area contributed by atoms with Crippen LogP contribution in [-0.2, 0) is 6.54 Å². The number of phenols is 1. The number of para-hydroxylation sites is 2.